The molecule has 1 aromatic heterocycles. The Kier molecular flexibility index (Phi) is 4.42. The van der Waals surface area contributed by atoms with E-state index in [1.54, 1.807) is 16.8 Å². The molecule has 2 aliphatic rings. The number of hydrogen-bond donors (Lipinski definition) is 0. The summed E-state index contributed by atoms with van der Waals surface area (Å²) in [7, 11) is 1.73. The maximum absolute atomic E-state index is 12.6. The van der Waals surface area contributed by atoms with Crippen LogP contribution in [0.4, 0.5) is 4.79 Å². The summed E-state index contributed by atoms with van der Waals surface area (Å²) in [6.07, 6.45) is 1.35. The van der Waals surface area contributed by atoms with Crippen molar-refractivity contribution in [1.29, 1.82) is 0 Å². The number of carbonyl (C=O) groups is 2. The van der Waals surface area contributed by atoms with Gasteiger partial charge in [0, 0.05) is 38.4 Å². The van der Waals surface area contributed by atoms with Crippen molar-refractivity contribution in [3.05, 3.63) is 47.7 Å². The predicted octanol–water partition coefficient (Wildman–Crippen LogP) is 3.24. The van der Waals surface area contributed by atoms with Crippen molar-refractivity contribution in [3.8, 4) is 11.3 Å². The smallest absolute Gasteiger partial charge is 0.410 e. The maximum Gasteiger partial charge on any atom is 0.410 e. The van der Waals surface area contributed by atoms with Gasteiger partial charge in [0.05, 0.1) is 13.1 Å². The lowest BCUT2D eigenvalue weighted by Gasteiger charge is -2.21. The van der Waals surface area contributed by atoms with Crippen LogP contribution in [-0.2, 0) is 16.0 Å². The standard InChI is InChI=1S/C21H24N2O4/c1-15-3-5-16(6-4-15)18-9-7-17(26-18)8-10-19(24)23-12-11-21(14-23)13-22(2)20(25)27-21/h3-7,9H,8,10-14H2,1-2H3. The van der Waals surface area contributed by atoms with Crippen LogP contribution in [0.1, 0.15) is 24.2 Å². The second-order valence-electron chi connectivity index (χ2n) is 7.60. The summed E-state index contributed by atoms with van der Waals surface area (Å²) in [5, 5.41) is 0. The zero-order chi connectivity index (χ0) is 19.0. The van der Waals surface area contributed by atoms with Gasteiger partial charge in [-0.1, -0.05) is 29.8 Å². The van der Waals surface area contributed by atoms with Gasteiger partial charge in [0.2, 0.25) is 5.91 Å². The summed E-state index contributed by atoms with van der Waals surface area (Å²) in [6.45, 7) is 3.71. The Hall–Kier alpha value is -2.76. The quantitative estimate of drug-likeness (QED) is 0.831. The van der Waals surface area contributed by atoms with E-state index in [2.05, 4.69) is 19.1 Å². The van der Waals surface area contributed by atoms with Gasteiger partial charge in [0.25, 0.3) is 0 Å². The SMILES string of the molecule is Cc1ccc(-c2ccc(CCC(=O)N3CCC4(CN(C)C(=O)O4)C3)o2)cc1. The van der Waals surface area contributed by atoms with Crippen molar-refractivity contribution in [2.75, 3.05) is 26.7 Å². The van der Waals surface area contributed by atoms with Crippen molar-refractivity contribution in [2.24, 2.45) is 0 Å². The molecule has 0 N–H and O–H groups in total. The molecule has 6 heteroatoms. The highest BCUT2D eigenvalue weighted by Crippen LogP contribution is 2.32. The molecule has 1 unspecified atom stereocenters. The van der Waals surface area contributed by atoms with Crippen LogP contribution >= 0.6 is 0 Å². The fourth-order valence-corrected chi connectivity index (χ4v) is 3.84. The van der Waals surface area contributed by atoms with Gasteiger partial charge in [-0.2, -0.15) is 0 Å². The molecule has 2 fully saturated rings. The van der Waals surface area contributed by atoms with Crippen LogP contribution in [0.2, 0.25) is 0 Å². The number of amides is 2. The number of carbonyl (C=O) groups excluding carboxylic acids is 2. The van der Waals surface area contributed by atoms with Gasteiger partial charge in [0.15, 0.2) is 5.60 Å². The Balaban J connectivity index is 1.32. The molecular weight excluding hydrogens is 344 g/mol. The predicted molar refractivity (Wildman–Crippen MR) is 100 cm³/mol. The highest BCUT2D eigenvalue weighted by molar-refractivity contribution is 5.77. The van der Waals surface area contributed by atoms with Gasteiger partial charge in [-0.25, -0.2) is 4.79 Å². The molecule has 27 heavy (non-hydrogen) atoms. The van der Waals surface area contributed by atoms with Gasteiger partial charge in [0.1, 0.15) is 11.5 Å². The molecule has 142 valence electrons. The molecule has 3 heterocycles. The van der Waals surface area contributed by atoms with E-state index in [9.17, 15) is 9.59 Å². The second-order valence-corrected chi connectivity index (χ2v) is 7.60. The average molecular weight is 368 g/mol. The molecule has 2 aliphatic heterocycles. The zero-order valence-corrected chi connectivity index (χ0v) is 15.7. The molecule has 2 saturated heterocycles. The van der Waals surface area contributed by atoms with E-state index >= 15 is 0 Å². The third-order valence-corrected chi connectivity index (χ3v) is 5.39. The Labute approximate surface area is 158 Å². The van der Waals surface area contributed by atoms with Crippen LogP contribution in [0, 0.1) is 6.92 Å². The van der Waals surface area contributed by atoms with E-state index in [0.29, 0.717) is 38.9 Å². The van der Waals surface area contributed by atoms with Crippen LogP contribution in [0.25, 0.3) is 11.3 Å². The first-order valence-electron chi connectivity index (χ1n) is 9.32. The number of nitrogens with zero attached hydrogens (tertiary/aromatic N) is 2. The fourth-order valence-electron chi connectivity index (χ4n) is 3.84. The number of rotatable bonds is 4. The number of likely N-dealkylation sites (N-methyl/N-ethyl adjacent to an activating group) is 1. The molecule has 0 saturated carbocycles. The minimum atomic E-state index is -0.523. The number of ether oxygens (including phenoxy) is 1. The lowest BCUT2D eigenvalue weighted by Crippen LogP contribution is -2.39. The number of benzene rings is 1. The minimum Gasteiger partial charge on any atom is -0.461 e. The van der Waals surface area contributed by atoms with E-state index in [0.717, 1.165) is 17.1 Å². The summed E-state index contributed by atoms with van der Waals surface area (Å²) in [6, 6.07) is 12.1. The van der Waals surface area contributed by atoms with Crippen molar-refractivity contribution in [3.63, 3.8) is 0 Å². The molecular formula is C21H24N2O4. The van der Waals surface area contributed by atoms with Gasteiger partial charge in [-0.05, 0) is 19.1 Å². The molecule has 1 spiro atoms. The number of furan rings is 1. The van der Waals surface area contributed by atoms with Gasteiger partial charge in [-0.3, -0.25) is 4.79 Å². The highest BCUT2D eigenvalue weighted by Gasteiger charge is 2.49. The van der Waals surface area contributed by atoms with Crippen molar-refractivity contribution in [2.45, 2.75) is 31.8 Å². The number of aryl methyl sites for hydroxylation is 2. The Morgan fingerprint density at radius 1 is 1.15 bits per heavy atom. The molecule has 1 atom stereocenters. The maximum atomic E-state index is 12.6. The summed E-state index contributed by atoms with van der Waals surface area (Å²) < 4.78 is 11.4. The normalized spacial score (nSPS) is 21.9. The monoisotopic (exact) mass is 368 g/mol. The van der Waals surface area contributed by atoms with E-state index in [4.69, 9.17) is 9.15 Å². The minimum absolute atomic E-state index is 0.0748. The molecule has 6 nitrogen and oxygen atoms in total. The summed E-state index contributed by atoms with van der Waals surface area (Å²) in [4.78, 5) is 27.6. The van der Waals surface area contributed by atoms with Crippen molar-refractivity contribution >= 4 is 12.0 Å². The van der Waals surface area contributed by atoms with Crippen molar-refractivity contribution in [1.82, 2.24) is 9.80 Å². The molecule has 2 amide bonds. The van der Waals surface area contributed by atoms with Crippen LogP contribution in [-0.4, -0.2) is 54.1 Å². The summed E-state index contributed by atoms with van der Waals surface area (Å²) in [5.41, 5.74) is 1.72. The Morgan fingerprint density at radius 2 is 1.93 bits per heavy atom. The van der Waals surface area contributed by atoms with Gasteiger partial charge >= 0.3 is 6.09 Å². The second kappa shape index (κ2) is 6.76. The topological polar surface area (TPSA) is 63.0 Å². The highest BCUT2D eigenvalue weighted by atomic mass is 16.6. The first kappa shape index (κ1) is 17.6. The molecule has 1 aromatic carbocycles. The van der Waals surface area contributed by atoms with E-state index in [1.165, 1.54) is 5.56 Å². The number of hydrogen-bond acceptors (Lipinski definition) is 4. The average Bonchev–Trinajstić information content (AvgIpc) is 3.34. The molecule has 4 rings (SSSR count). The third kappa shape index (κ3) is 3.56. The lowest BCUT2D eigenvalue weighted by atomic mass is 10.0. The lowest BCUT2D eigenvalue weighted by molar-refractivity contribution is -0.130. The molecule has 0 bridgehead atoms. The summed E-state index contributed by atoms with van der Waals surface area (Å²) >= 11 is 0. The van der Waals surface area contributed by atoms with Crippen LogP contribution in [0.15, 0.2) is 40.8 Å². The van der Waals surface area contributed by atoms with Crippen LogP contribution in [0.3, 0.4) is 0 Å². The van der Waals surface area contributed by atoms with Crippen LogP contribution in [0.5, 0.6) is 0 Å². The van der Waals surface area contributed by atoms with Crippen molar-refractivity contribution < 1.29 is 18.7 Å². The fraction of sp³-hybridized carbons (Fsp3) is 0.429. The van der Waals surface area contributed by atoms with Gasteiger partial charge in [-0.15, -0.1) is 0 Å². The first-order chi connectivity index (χ1) is 12.9. The van der Waals surface area contributed by atoms with E-state index in [-0.39, 0.29) is 12.0 Å². The zero-order valence-electron chi connectivity index (χ0n) is 15.7. The largest absolute Gasteiger partial charge is 0.461 e. The number of likely N-dealkylation sites (tertiary alicyclic amines) is 1. The third-order valence-electron chi connectivity index (χ3n) is 5.39. The molecule has 2 aromatic rings. The first-order valence-corrected chi connectivity index (χ1v) is 9.32. The van der Waals surface area contributed by atoms with E-state index < -0.39 is 5.60 Å². The Morgan fingerprint density at radius 3 is 2.63 bits per heavy atom. The summed E-state index contributed by atoms with van der Waals surface area (Å²) in [5.74, 6) is 1.70. The van der Waals surface area contributed by atoms with Gasteiger partial charge < -0.3 is 19.0 Å². The molecule has 0 aliphatic carbocycles. The van der Waals surface area contributed by atoms with Crippen LogP contribution < -0.4 is 0 Å². The van der Waals surface area contributed by atoms with E-state index in [1.807, 2.05) is 24.3 Å². The Bertz CT molecular complexity index is 857. The molecule has 0 radical (unpaired) electrons.